The van der Waals surface area contributed by atoms with Crippen LogP contribution < -0.4 is 5.32 Å². The lowest BCUT2D eigenvalue weighted by Crippen LogP contribution is -2.38. The number of rotatable bonds is 6. The zero-order chi connectivity index (χ0) is 17.0. The van der Waals surface area contributed by atoms with Gasteiger partial charge in [-0.25, -0.2) is 4.98 Å². The zero-order valence-electron chi connectivity index (χ0n) is 13.2. The van der Waals surface area contributed by atoms with Gasteiger partial charge in [-0.15, -0.1) is 11.3 Å². The lowest BCUT2D eigenvalue weighted by Gasteiger charge is -2.20. The molecule has 0 aliphatic rings. The first-order valence-corrected chi connectivity index (χ1v) is 8.39. The Morgan fingerprint density at radius 3 is 2.79 bits per heavy atom. The first-order chi connectivity index (χ1) is 11.5. The van der Waals surface area contributed by atoms with Crippen LogP contribution in [0, 0.1) is 0 Å². The summed E-state index contributed by atoms with van der Waals surface area (Å²) in [6.07, 6.45) is 3.76. The molecule has 24 heavy (non-hydrogen) atoms. The van der Waals surface area contributed by atoms with Gasteiger partial charge in [0, 0.05) is 6.42 Å². The van der Waals surface area contributed by atoms with Gasteiger partial charge in [-0.2, -0.15) is 0 Å². The van der Waals surface area contributed by atoms with Crippen molar-refractivity contribution >= 4 is 17.2 Å². The maximum Gasteiger partial charge on any atom is 0.263 e. The molecule has 3 aromatic rings. The summed E-state index contributed by atoms with van der Waals surface area (Å²) in [5, 5.41) is 14.0. The van der Waals surface area contributed by atoms with Crippen LogP contribution in [0.25, 0.3) is 0 Å². The van der Waals surface area contributed by atoms with Gasteiger partial charge in [0.05, 0.1) is 24.0 Å². The van der Waals surface area contributed by atoms with Crippen LogP contribution in [0.2, 0.25) is 0 Å². The molecular formula is C18H18N2O3S. The molecule has 124 valence electrons. The van der Waals surface area contributed by atoms with Crippen molar-refractivity contribution in [1.82, 2.24) is 10.3 Å². The maximum absolute atomic E-state index is 12.2. The zero-order valence-corrected chi connectivity index (χ0v) is 14.0. The number of amides is 1. The van der Waals surface area contributed by atoms with Crippen LogP contribution in [0.1, 0.15) is 32.9 Å². The number of hydrogen-bond donors (Lipinski definition) is 2. The molecule has 0 aliphatic carbocycles. The third-order valence-corrected chi connectivity index (χ3v) is 4.62. The fourth-order valence-corrected chi connectivity index (χ4v) is 3.15. The maximum atomic E-state index is 12.2. The number of aliphatic hydroxyl groups is 1. The van der Waals surface area contributed by atoms with E-state index in [9.17, 15) is 9.90 Å². The number of aromatic nitrogens is 1. The van der Waals surface area contributed by atoms with E-state index in [0.29, 0.717) is 17.1 Å². The molecule has 3 rings (SSSR count). The molecule has 1 unspecified atom stereocenters. The molecule has 0 radical (unpaired) electrons. The minimum atomic E-state index is -1.25. The Labute approximate surface area is 144 Å². The van der Waals surface area contributed by atoms with Crippen LogP contribution in [0.15, 0.2) is 59.3 Å². The summed E-state index contributed by atoms with van der Waals surface area (Å²) in [6.45, 7) is 1.66. The Kier molecular flexibility index (Phi) is 4.78. The van der Waals surface area contributed by atoms with Gasteiger partial charge in [0.25, 0.3) is 5.91 Å². The van der Waals surface area contributed by atoms with E-state index in [1.807, 2.05) is 30.3 Å². The number of benzene rings is 1. The van der Waals surface area contributed by atoms with Crippen LogP contribution >= 0.6 is 11.3 Å². The summed E-state index contributed by atoms with van der Waals surface area (Å²) in [4.78, 5) is 17.1. The number of furan rings is 1. The van der Waals surface area contributed by atoms with Gasteiger partial charge in [0.15, 0.2) is 0 Å². The standard InChI is InChI=1S/C18H18N2O3S/c1-18(22,15-8-5-9-23-15)12-20-17(21)14-11-19-16(24-14)10-13-6-3-2-4-7-13/h2-9,11,22H,10,12H2,1H3,(H,20,21). The molecule has 2 N–H and O–H groups in total. The predicted octanol–water partition coefficient (Wildman–Crippen LogP) is 2.96. The van der Waals surface area contributed by atoms with Crippen LogP contribution in [-0.2, 0) is 12.0 Å². The Balaban J connectivity index is 1.60. The highest BCUT2D eigenvalue weighted by atomic mass is 32.1. The molecule has 0 aliphatic heterocycles. The van der Waals surface area contributed by atoms with Gasteiger partial charge >= 0.3 is 0 Å². The van der Waals surface area contributed by atoms with Gasteiger partial charge in [0.1, 0.15) is 16.2 Å². The summed E-state index contributed by atoms with van der Waals surface area (Å²) in [5.74, 6) is 0.163. The second-order valence-corrected chi connectivity index (χ2v) is 6.83. The molecule has 6 heteroatoms. The number of carbonyl (C=O) groups excluding carboxylic acids is 1. The minimum Gasteiger partial charge on any atom is -0.466 e. The molecule has 2 heterocycles. The number of nitrogens with zero attached hydrogens (tertiary/aromatic N) is 1. The van der Waals surface area contributed by atoms with E-state index in [1.54, 1.807) is 25.3 Å². The monoisotopic (exact) mass is 342 g/mol. The Morgan fingerprint density at radius 2 is 2.08 bits per heavy atom. The van der Waals surface area contributed by atoms with Gasteiger partial charge < -0.3 is 14.8 Å². The van der Waals surface area contributed by atoms with Gasteiger partial charge in [-0.1, -0.05) is 30.3 Å². The molecule has 0 fully saturated rings. The minimum absolute atomic E-state index is 0.0608. The first kappa shape index (κ1) is 16.4. The van der Waals surface area contributed by atoms with E-state index >= 15 is 0 Å². The van der Waals surface area contributed by atoms with Crippen molar-refractivity contribution in [3.8, 4) is 0 Å². The van der Waals surface area contributed by atoms with E-state index in [2.05, 4.69) is 10.3 Å². The molecule has 0 spiro atoms. The van der Waals surface area contributed by atoms with Crippen LogP contribution in [0.3, 0.4) is 0 Å². The van der Waals surface area contributed by atoms with Gasteiger partial charge in [0.2, 0.25) is 0 Å². The molecule has 0 saturated carbocycles. The average Bonchev–Trinajstić information content (AvgIpc) is 3.26. The van der Waals surface area contributed by atoms with Crippen molar-refractivity contribution in [2.75, 3.05) is 6.54 Å². The quantitative estimate of drug-likeness (QED) is 0.722. The van der Waals surface area contributed by atoms with E-state index in [-0.39, 0.29) is 12.5 Å². The number of thiazole rings is 1. The molecule has 0 saturated heterocycles. The van der Waals surface area contributed by atoms with Crippen molar-refractivity contribution in [2.45, 2.75) is 18.9 Å². The number of hydrogen-bond acceptors (Lipinski definition) is 5. The largest absolute Gasteiger partial charge is 0.466 e. The Hall–Kier alpha value is -2.44. The predicted molar refractivity (Wildman–Crippen MR) is 92.0 cm³/mol. The van der Waals surface area contributed by atoms with Gasteiger partial charge in [-0.3, -0.25) is 4.79 Å². The van der Waals surface area contributed by atoms with Crippen molar-refractivity contribution < 1.29 is 14.3 Å². The topological polar surface area (TPSA) is 75.4 Å². The van der Waals surface area contributed by atoms with Crippen molar-refractivity contribution in [2.24, 2.45) is 0 Å². The molecule has 1 aromatic carbocycles. The van der Waals surface area contributed by atoms with Crippen molar-refractivity contribution in [3.63, 3.8) is 0 Å². The molecule has 5 nitrogen and oxygen atoms in total. The molecule has 0 bridgehead atoms. The smallest absolute Gasteiger partial charge is 0.263 e. The molecular weight excluding hydrogens is 324 g/mol. The highest BCUT2D eigenvalue weighted by Gasteiger charge is 2.27. The molecule has 1 atom stereocenters. The summed E-state index contributed by atoms with van der Waals surface area (Å²) >= 11 is 1.36. The highest BCUT2D eigenvalue weighted by molar-refractivity contribution is 7.13. The lowest BCUT2D eigenvalue weighted by molar-refractivity contribution is 0.0331. The van der Waals surface area contributed by atoms with E-state index in [4.69, 9.17) is 4.42 Å². The van der Waals surface area contributed by atoms with Crippen LogP contribution in [-0.4, -0.2) is 22.5 Å². The normalized spacial score (nSPS) is 13.4. The van der Waals surface area contributed by atoms with E-state index in [0.717, 1.165) is 10.6 Å². The third kappa shape index (κ3) is 3.90. The molecule has 1 amide bonds. The van der Waals surface area contributed by atoms with Crippen molar-refractivity contribution in [1.29, 1.82) is 0 Å². The first-order valence-electron chi connectivity index (χ1n) is 7.58. The summed E-state index contributed by atoms with van der Waals surface area (Å²) < 4.78 is 5.20. The fourth-order valence-electron chi connectivity index (χ4n) is 2.28. The summed E-state index contributed by atoms with van der Waals surface area (Å²) in [6, 6.07) is 13.4. The van der Waals surface area contributed by atoms with Crippen LogP contribution in [0.4, 0.5) is 0 Å². The number of carbonyl (C=O) groups is 1. The lowest BCUT2D eigenvalue weighted by atomic mass is 10.0. The summed E-state index contributed by atoms with van der Waals surface area (Å²) in [5.41, 5.74) is -0.101. The van der Waals surface area contributed by atoms with E-state index in [1.165, 1.54) is 17.6 Å². The summed E-state index contributed by atoms with van der Waals surface area (Å²) in [7, 11) is 0. The van der Waals surface area contributed by atoms with Gasteiger partial charge in [-0.05, 0) is 24.6 Å². The van der Waals surface area contributed by atoms with Crippen LogP contribution in [0.5, 0.6) is 0 Å². The highest BCUT2D eigenvalue weighted by Crippen LogP contribution is 2.21. The average molecular weight is 342 g/mol. The fraction of sp³-hybridized carbons (Fsp3) is 0.222. The Bertz CT molecular complexity index is 795. The second-order valence-electron chi connectivity index (χ2n) is 5.71. The second kappa shape index (κ2) is 6.98. The third-order valence-electron chi connectivity index (χ3n) is 3.62. The number of nitrogens with one attached hydrogen (secondary N) is 1. The molecule has 2 aromatic heterocycles. The Morgan fingerprint density at radius 1 is 1.29 bits per heavy atom. The van der Waals surface area contributed by atoms with E-state index < -0.39 is 5.60 Å². The van der Waals surface area contributed by atoms with Crippen molar-refractivity contribution in [3.05, 3.63) is 76.1 Å². The SMILES string of the molecule is CC(O)(CNC(=O)c1cnc(Cc2ccccc2)s1)c1ccco1.